The Balaban J connectivity index is 1.42. The molecule has 214 valence electrons. The summed E-state index contributed by atoms with van der Waals surface area (Å²) in [6.07, 6.45) is 11.9. The molecule has 0 radical (unpaired) electrons. The van der Waals surface area contributed by atoms with Crippen LogP contribution in [0.25, 0.3) is 0 Å². The molecule has 2 fully saturated rings. The van der Waals surface area contributed by atoms with Gasteiger partial charge in [-0.1, -0.05) is 78.1 Å². The summed E-state index contributed by atoms with van der Waals surface area (Å²) in [6, 6.07) is 0. The van der Waals surface area contributed by atoms with Gasteiger partial charge < -0.3 is 38.6 Å². The molecule has 4 bridgehead atoms. The fourth-order valence-electron chi connectivity index (χ4n) is 5.11. The molecular weight excluding hydrogens is 480 g/mol. The van der Waals surface area contributed by atoms with E-state index in [1.165, 1.54) is 51.4 Å². The Morgan fingerprint density at radius 1 is 0.892 bits per heavy atom. The van der Waals surface area contributed by atoms with Crippen molar-refractivity contribution in [1.82, 2.24) is 0 Å². The van der Waals surface area contributed by atoms with Crippen molar-refractivity contribution in [3.05, 3.63) is 11.5 Å². The molecule has 1 aliphatic carbocycles. The number of aliphatic hydroxyl groups is 2. The van der Waals surface area contributed by atoms with Crippen LogP contribution in [0, 0.1) is 5.92 Å². The summed E-state index contributed by atoms with van der Waals surface area (Å²) < 4.78 is 34.2. The average Bonchev–Trinajstić information content (AvgIpc) is 2.90. The molecule has 0 spiro atoms. The number of carbonyl (C=O) groups excluding carboxylic acids is 1. The Morgan fingerprint density at radius 3 is 2.08 bits per heavy atom. The third-order valence-electron chi connectivity index (χ3n) is 7.28. The number of hydrogen-bond donors (Lipinski definition) is 2. The molecule has 2 N–H and O–H groups in total. The van der Waals surface area contributed by atoms with E-state index in [4.69, 9.17) is 28.4 Å². The van der Waals surface area contributed by atoms with Gasteiger partial charge in [0.2, 0.25) is 0 Å². The highest BCUT2D eigenvalue weighted by Crippen LogP contribution is 2.45. The van der Waals surface area contributed by atoms with Gasteiger partial charge in [-0.15, -0.1) is 0 Å². The smallest absolute Gasteiger partial charge is 0.316 e. The first-order chi connectivity index (χ1) is 18.1. The van der Waals surface area contributed by atoms with E-state index in [2.05, 4.69) is 13.8 Å². The van der Waals surface area contributed by atoms with Gasteiger partial charge in [0.05, 0.1) is 18.9 Å². The van der Waals surface area contributed by atoms with E-state index in [0.717, 1.165) is 25.7 Å². The highest BCUT2D eigenvalue weighted by molar-refractivity contribution is 5.69. The number of unbranched alkanes of at least 4 members (excludes halogenated alkanes) is 10. The van der Waals surface area contributed by atoms with Crippen LogP contribution in [0.15, 0.2) is 11.5 Å². The summed E-state index contributed by atoms with van der Waals surface area (Å²) in [6.45, 7) is 4.40. The van der Waals surface area contributed by atoms with Gasteiger partial charge in [-0.3, -0.25) is 4.79 Å². The third kappa shape index (κ3) is 9.10. The fourth-order valence-corrected chi connectivity index (χ4v) is 5.11. The van der Waals surface area contributed by atoms with Crippen LogP contribution >= 0.6 is 0 Å². The molecule has 5 atom stereocenters. The number of rotatable bonds is 21. The van der Waals surface area contributed by atoms with Crippen LogP contribution in [0.2, 0.25) is 0 Å². The summed E-state index contributed by atoms with van der Waals surface area (Å²) in [5.74, 6) is -0.923. The Bertz CT molecular complexity index is 679. The largest absolute Gasteiger partial charge is 0.506 e. The summed E-state index contributed by atoms with van der Waals surface area (Å²) >= 11 is 0. The predicted octanol–water partition coefficient (Wildman–Crippen LogP) is 5.25. The van der Waals surface area contributed by atoms with Gasteiger partial charge in [-0.2, -0.15) is 0 Å². The van der Waals surface area contributed by atoms with Crippen molar-refractivity contribution in [2.45, 2.75) is 135 Å². The lowest BCUT2D eigenvalue weighted by atomic mass is 9.84. The number of ether oxygens (including phenoxy) is 6. The zero-order valence-corrected chi connectivity index (χ0v) is 22.7. The topological polar surface area (TPSA) is 113 Å². The molecule has 37 heavy (non-hydrogen) atoms. The molecule has 0 aromatic heterocycles. The molecule has 0 aromatic rings. The van der Waals surface area contributed by atoms with Crippen molar-refractivity contribution >= 4 is 5.97 Å². The molecule has 0 saturated carbocycles. The van der Waals surface area contributed by atoms with Crippen LogP contribution < -0.4 is 0 Å². The maximum Gasteiger partial charge on any atom is 0.316 e. The monoisotopic (exact) mass is 528 g/mol. The third-order valence-corrected chi connectivity index (χ3v) is 7.28. The molecule has 9 heteroatoms. The maximum atomic E-state index is 12.8. The van der Waals surface area contributed by atoms with E-state index in [9.17, 15) is 15.0 Å². The van der Waals surface area contributed by atoms with Crippen LogP contribution in [-0.2, 0) is 33.2 Å². The maximum absolute atomic E-state index is 12.8. The molecule has 4 aliphatic rings. The molecule has 9 nitrogen and oxygen atoms in total. The van der Waals surface area contributed by atoms with Crippen molar-refractivity contribution in [2.24, 2.45) is 5.92 Å². The Hall–Kier alpha value is -1.39. The molecule has 5 unspecified atom stereocenters. The van der Waals surface area contributed by atoms with E-state index in [0.29, 0.717) is 19.6 Å². The number of esters is 1. The summed E-state index contributed by atoms with van der Waals surface area (Å²) in [5.41, 5.74) is 0. The van der Waals surface area contributed by atoms with Crippen molar-refractivity contribution in [3.63, 3.8) is 0 Å². The number of hydrogen-bond acceptors (Lipinski definition) is 9. The van der Waals surface area contributed by atoms with Crippen LogP contribution in [-0.4, -0.2) is 67.1 Å². The molecule has 0 amide bonds. The van der Waals surface area contributed by atoms with Gasteiger partial charge in [0, 0.05) is 19.6 Å². The molecule has 2 saturated heterocycles. The highest BCUT2D eigenvalue weighted by atomic mass is 16.9. The second-order valence-electron chi connectivity index (χ2n) is 10.3. The Morgan fingerprint density at radius 2 is 1.49 bits per heavy atom. The average molecular weight is 529 g/mol. The molecule has 0 aromatic carbocycles. The second-order valence-corrected chi connectivity index (χ2v) is 10.3. The lowest BCUT2D eigenvalue weighted by molar-refractivity contribution is -0.408. The minimum absolute atomic E-state index is 0.106. The normalized spacial score (nSPS) is 26.2. The van der Waals surface area contributed by atoms with Gasteiger partial charge in [0.25, 0.3) is 0 Å². The summed E-state index contributed by atoms with van der Waals surface area (Å²) in [7, 11) is 0. The molecule has 3 aliphatic heterocycles. The first kappa shape index (κ1) is 30.2. The van der Waals surface area contributed by atoms with E-state index >= 15 is 0 Å². The predicted molar refractivity (Wildman–Crippen MR) is 136 cm³/mol. The van der Waals surface area contributed by atoms with Gasteiger partial charge >= 0.3 is 12.4 Å². The quantitative estimate of drug-likeness (QED) is 0.117. The van der Waals surface area contributed by atoms with Crippen molar-refractivity contribution < 1.29 is 43.4 Å². The minimum Gasteiger partial charge on any atom is -0.506 e. The van der Waals surface area contributed by atoms with Gasteiger partial charge in [-0.05, 0) is 12.8 Å². The highest BCUT2D eigenvalue weighted by Gasteiger charge is 2.58. The zero-order chi connectivity index (χ0) is 26.5. The fraction of sp³-hybridized carbons (Fsp3) is 0.893. The van der Waals surface area contributed by atoms with Gasteiger partial charge in [0.15, 0.2) is 30.0 Å². The SMILES string of the molecule is CCCCCCCCOC(CCC(=O)OC1C2OC3OC(=C2O)C(CO)C1O3)OCCCCCCCC. The second kappa shape index (κ2) is 16.5. The van der Waals surface area contributed by atoms with Crippen molar-refractivity contribution in [3.8, 4) is 0 Å². The van der Waals surface area contributed by atoms with Crippen molar-refractivity contribution in [1.29, 1.82) is 0 Å². The van der Waals surface area contributed by atoms with E-state index < -0.39 is 43.0 Å². The van der Waals surface area contributed by atoms with E-state index in [-0.39, 0.29) is 24.5 Å². The van der Waals surface area contributed by atoms with Crippen LogP contribution in [0.1, 0.15) is 104 Å². The molecular formula is C28H48O9. The van der Waals surface area contributed by atoms with Gasteiger partial charge in [-0.25, -0.2) is 0 Å². The number of aliphatic hydroxyl groups excluding tert-OH is 2. The lowest BCUT2D eigenvalue weighted by Gasteiger charge is -2.51. The minimum atomic E-state index is -0.950. The van der Waals surface area contributed by atoms with Crippen molar-refractivity contribution in [2.75, 3.05) is 19.8 Å². The van der Waals surface area contributed by atoms with Gasteiger partial charge in [0.1, 0.15) is 6.10 Å². The first-order valence-corrected chi connectivity index (χ1v) is 14.5. The van der Waals surface area contributed by atoms with Crippen LogP contribution in [0.4, 0.5) is 0 Å². The summed E-state index contributed by atoms with van der Waals surface area (Å²) in [5, 5.41) is 20.2. The molecule has 3 heterocycles. The zero-order valence-electron chi connectivity index (χ0n) is 22.7. The van der Waals surface area contributed by atoms with Crippen LogP contribution in [0.5, 0.6) is 0 Å². The first-order valence-electron chi connectivity index (χ1n) is 14.5. The Kier molecular flexibility index (Phi) is 13.5. The standard InChI is InChI=1S/C28H48O9/c1-3-5-7-9-11-13-17-32-22(33-18-14-12-10-8-6-4-2)16-15-21(30)34-27-25-20(19-29)24-23(31)26(27)37-28(35-24)36-25/h20,22,25-29,31H,3-19H2,1-2H3. The lowest BCUT2D eigenvalue weighted by Crippen LogP contribution is -2.63. The number of carbonyl (C=O) groups is 1. The van der Waals surface area contributed by atoms with E-state index in [1.54, 1.807) is 0 Å². The van der Waals surface area contributed by atoms with E-state index in [1.807, 2.05) is 0 Å². The Labute approximate surface area is 221 Å². The van der Waals surface area contributed by atoms with Crippen LogP contribution in [0.3, 0.4) is 0 Å². The molecule has 4 rings (SSSR count). The summed E-state index contributed by atoms with van der Waals surface area (Å²) in [4.78, 5) is 12.8.